The Morgan fingerprint density at radius 1 is 0.909 bits per heavy atom. The fourth-order valence-corrected chi connectivity index (χ4v) is 4.07. The molecule has 2 atom stereocenters. The zero-order valence-electron chi connectivity index (χ0n) is 18.4. The van der Waals surface area contributed by atoms with Crippen molar-refractivity contribution in [3.63, 3.8) is 0 Å². The molecular weight excluding hydrogens is 416 g/mol. The third-order valence-electron chi connectivity index (χ3n) is 5.80. The average molecular weight is 445 g/mol. The Labute approximate surface area is 193 Å². The Hall–Kier alpha value is -3.64. The Morgan fingerprint density at radius 3 is 2.30 bits per heavy atom. The summed E-state index contributed by atoms with van der Waals surface area (Å²) in [6, 6.07) is 23.8. The van der Waals surface area contributed by atoms with Gasteiger partial charge in [0.15, 0.2) is 5.78 Å². The molecule has 0 fully saturated rings. The van der Waals surface area contributed by atoms with Crippen molar-refractivity contribution in [2.45, 2.75) is 38.0 Å². The Balaban J connectivity index is 1.31. The minimum atomic E-state index is -1.10. The number of Topliss-reactive ketones (excluding diaryl/α,β-unsaturated/α-hetero) is 1. The maximum Gasteiger partial charge on any atom is 0.242 e. The van der Waals surface area contributed by atoms with Crippen molar-refractivity contribution in [3.05, 3.63) is 95.6 Å². The second kappa shape index (κ2) is 10.8. The first kappa shape index (κ1) is 22.6. The summed E-state index contributed by atoms with van der Waals surface area (Å²) in [5.74, 6) is 0.123. The summed E-state index contributed by atoms with van der Waals surface area (Å²) in [7, 11) is 0. The van der Waals surface area contributed by atoms with Crippen LogP contribution >= 0.6 is 0 Å². The maximum atomic E-state index is 12.8. The quantitative estimate of drug-likeness (QED) is 0.465. The number of ether oxygens (including phenoxy) is 2. The average Bonchev–Trinajstić information content (AvgIpc) is 2.85. The molecule has 1 aliphatic rings. The van der Waals surface area contributed by atoms with Gasteiger partial charge in [0, 0.05) is 6.04 Å². The van der Waals surface area contributed by atoms with Gasteiger partial charge in [-0.05, 0) is 60.2 Å². The fraction of sp³-hybridized carbons (Fsp3) is 0.259. The van der Waals surface area contributed by atoms with Gasteiger partial charge in [0.1, 0.15) is 30.8 Å². The second-order valence-electron chi connectivity index (χ2n) is 8.15. The van der Waals surface area contributed by atoms with Crippen molar-refractivity contribution in [2.24, 2.45) is 5.73 Å². The van der Waals surface area contributed by atoms with Crippen molar-refractivity contribution in [1.82, 2.24) is 5.32 Å². The molecule has 0 saturated heterocycles. The van der Waals surface area contributed by atoms with Gasteiger partial charge in [0.2, 0.25) is 5.91 Å². The number of primary amides is 1. The lowest BCUT2D eigenvalue weighted by molar-refractivity contribution is -0.131. The van der Waals surface area contributed by atoms with E-state index in [1.54, 1.807) is 24.3 Å². The van der Waals surface area contributed by atoms with Gasteiger partial charge in [0.05, 0.1) is 0 Å². The van der Waals surface area contributed by atoms with E-state index in [4.69, 9.17) is 15.2 Å². The van der Waals surface area contributed by atoms with Crippen LogP contribution in [0.15, 0.2) is 78.9 Å². The number of hydrogen-bond acceptors (Lipinski definition) is 5. The molecule has 4 rings (SSSR count). The first-order valence-electron chi connectivity index (χ1n) is 11.2. The van der Waals surface area contributed by atoms with Crippen LogP contribution in [0.4, 0.5) is 0 Å². The standard InChI is InChI=1S/C27H28N2O4/c28-27(31)26(29-24-12-6-10-20-9-4-5-11-23(20)24)25(30)18-33-22-15-13-21(14-16-22)32-17-19-7-2-1-3-8-19/h1-5,7-9,11,13-16,24,26,29H,6,10,12,17-18H2,(H2,28,31). The molecule has 6 nitrogen and oxygen atoms in total. The number of benzene rings is 3. The first-order chi connectivity index (χ1) is 16.1. The van der Waals surface area contributed by atoms with Gasteiger partial charge in [-0.25, -0.2) is 0 Å². The van der Waals surface area contributed by atoms with Crippen LogP contribution in [0.3, 0.4) is 0 Å². The number of fused-ring (bicyclic) bond motifs is 1. The van der Waals surface area contributed by atoms with Crippen molar-refractivity contribution < 1.29 is 19.1 Å². The normalized spacial score (nSPS) is 15.8. The van der Waals surface area contributed by atoms with E-state index < -0.39 is 17.7 Å². The van der Waals surface area contributed by atoms with E-state index in [-0.39, 0.29) is 12.6 Å². The summed E-state index contributed by atoms with van der Waals surface area (Å²) in [4.78, 5) is 24.8. The smallest absolute Gasteiger partial charge is 0.242 e. The molecule has 2 unspecified atom stereocenters. The number of nitrogens with one attached hydrogen (secondary N) is 1. The van der Waals surface area contributed by atoms with Gasteiger partial charge >= 0.3 is 0 Å². The van der Waals surface area contributed by atoms with E-state index in [9.17, 15) is 9.59 Å². The summed E-state index contributed by atoms with van der Waals surface area (Å²) in [6.07, 6.45) is 2.83. The van der Waals surface area contributed by atoms with Crippen molar-refractivity contribution in [1.29, 1.82) is 0 Å². The largest absolute Gasteiger partial charge is 0.489 e. The molecule has 3 N–H and O–H groups in total. The minimum Gasteiger partial charge on any atom is -0.489 e. The fourth-order valence-electron chi connectivity index (χ4n) is 4.07. The Kier molecular flexibility index (Phi) is 7.37. The van der Waals surface area contributed by atoms with Crippen molar-refractivity contribution >= 4 is 11.7 Å². The molecule has 33 heavy (non-hydrogen) atoms. The zero-order valence-corrected chi connectivity index (χ0v) is 18.4. The van der Waals surface area contributed by atoms with Crippen LogP contribution in [0.1, 0.15) is 35.6 Å². The van der Waals surface area contributed by atoms with Crippen LogP contribution in [0.5, 0.6) is 11.5 Å². The number of nitrogens with two attached hydrogens (primary N) is 1. The molecule has 0 aromatic heterocycles. The van der Waals surface area contributed by atoms with E-state index in [0.29, 0.717) is 18.1 Å². The van der Waals surface area contributed by atoms with Gasteiger partial charge in [-0.15, -0.1) is 0 Å². The van der Waals surface area contributed by atoms with Gasteiger partial charge in [-0.3, -0.25) is 14.9 Å². The number of carbonyl (C=O) groups excluding carboxylic acids is 2. The third kappa shape index (κ3) is 5.99. The third-order valence-corrected chi connectivity index (χ3v) is 5.80. The highest BCUT2D eigenvalue weighted by Gasteiger charge is 2.30. The highest BCUT2D eigenvalue weighted by Crippen LogP contribution is 2.29. The number of rotatable bonds is 10. The van der Waals surface area contributed by atoms with Crippen LogP contribution in [-0.2, 0) is 22.6 Å². The number of hydrogen-bond donors (Lipinski definition) is 2. The minimum absolute atomic E-state index is 0.0857. The molecule has 3 aromatic rings. The monoisotopic (exact) mass is 444 g/mol. The summed E-state index contributed by atoms with van der Waals surface area (Å²) in [5, 5.41) is 3.16. The SMILES string of the molecule is NC(=O)C(NC1CCCc2ccccc21)C(=O)COc1ccc(OCc2ccccc2)cc1. The summed E-state index contributed by atoms with van der Waals surface area (Å²) in [6.45, 7) is 0.217. The number of amides is 1. The summed E-state index contributed by atoms with van der Waals surface area (Å²) in [5.41, 5.74) is 8.99. The van der Waals surface area contributed by atoms with Crippen LogP contribution in [0.25, 0.3) is 0 Å². The molecule has 0 aliphatic heterocycles. The van der Waals surface area contributed by atoms with E-state index in [1.807, 2.05) is 48.5 Å². The first-order valence-corrected chi connectivity index (χ1v) is 11.2. The molecule has 3 aromatic carbocycles. The van der Waals surface area contributed by atoms with Gasteiger partial charge in [0.25, 0.3) is 0 Å². The number of ketones is 1. The second-order valence-corrected chi connectivity index (χ2v) is 8.15. The molecule has 0 radical (unpaired) electrons. The van der Waals surface area contributed by atoms with E-state index in [1.165, 1.54) is 5.56 Å². The lowest BCUT2D eigenvalue weighted by Crippen LogP contribution is -2.50. The van der Waals surface area contributed by atoms with Crippen LogP contribution in [0, 0.1) is 0 Å². The molecule has 1 aliphatic carbocycles. The van der Waals surface area contributed by atoms with Crippen LogP contribution in [0.2, 0.25) is 0 Å². The van der Waals surface area contributed by atoms with Crippen molar-refractivity contribution in [2.75, 3.05) is 6.61 Å². The number of carbonyl (C=O) groups is 2. The van der Waals surface area contributed by atoms with Gasteiger partial charge in [-0.2, -0.15) is 0 Å². The number of aryl methyl sites for hydroxylation is 1. The van der Waals surface area contributed by atoms with E-state index in [0.717, 1.165) is 30.4 Å². The lowest BCUT2D eigenvalue weighted by atomic mass is 9.87. The zero-order chi connectivity index (χ0) is 23.0. The van der Waals surface area contributed by atoms with Crippen LogP contribution in [-0.4, -0.2) is 24.3 Å². The van der Waals surface area contributed by atoms with Gasteiger partial charge in [-0.1, -0.05) is 54.6 Å². The highest BCUT2D eigenvalue weighted by atomic mass is 16.5. The molecule has 0 spiro atoms. The van der Waals surface area contributed by atoms with E-state index >= 15 is 0 Å². The molecule has 6 heteroatoms. The molecule has 0 saturated carbocycles. The molecule has 170 valence electrons. The predicted octanol–water partition coefficient (Wildman–Crippen LogP) is 3.73. The molecule has 0 bridgehead atoms. The van der Waals surface area contributed by atoms with Crippen molar-refractivity contribution in [3.8, 4) is 11.5 Å². The summed E-state index contributed by atoms with van der Waals surface area (Å²) < 4.78 is 11.4. The molecule has 1 amide bonds. The lowest BCUT2D eigenvalue weighted by Gasteiger charge is -2.29. The van der Waals surface area contributed by atoms with Crippen LogP contribution < -0.4 is 20.5 Å². The molecular formula is C27H28N2O4. The van der Waals surface area contributed by atoms with Gasteiger partial charge < -0.3 is 15.2 Å². The highest BCUT2D eigenvalue weighted by molar-refractivity contribution is 6.05. The predicted molar refractivity (Wildman–Crippen MR) is 126 cm³/mol. The maximum absolute atomic E-state index is 12.8. The Bertz CT molecular complexity index is 1080. The topological polar surface area (TPSA) is 90.7 Å². The van der Waals surface area contributed by atoms with E-state index in [2.05, 4.69) is 11.4 Å². The molecule has 0 heterocycles. The summed E-state index contributed by atoms with van der Waals surface area (Å²) >= 11 is 0. The Morgan fingerprint density at radius 2 is 1.58 bits per heavy atom.